The van der Waals surface area contributed by atoms with E-state index in [2.05, 4.69) is 20.8 Å². The van der Waals surface area contributed by atoms with Gasteiger partial charge < -0.3 is 9.80 Å². The molecule has 0 radical (unpaired) electrons. The first-order valence-corrected chi connectivity index (χ1v) is 11.4. The normalized spacial score (nSPS) is 15.8. The number of amides is 1. The van der Waals surface area contributed by atoms with Crippen LogP contribution in [0.5, 0.6) is 0 Å². The van der Waals surface area contributed by atoms with Crippen molar-refractivity contribution in [3.8, 4) is 0 Å². The van der Waals surface area contributed by atoms with Crippen molar-refractivity contribution in [1.29, 1.82) is 0 Å². The minimum Gasteiger partial charge on any atom is -0.339 e. The zero-order chi connectivity index (χ0) is 20.1. The fourth-order valence-electron chi connectivity index (χ4n) is 3.08. The summed E-state index contributed by atoms with van der Waals surface area (Å²) in [6, 6.07) is 15.8. The van der Waals surface area contributed by atoms with Crippen LogP contribution in [0.25, 0.3) is 0 Å². The number of nitrogens with zero attached hydrogens (tertiary/aromatic N) is 3. The number of carbonyl (C=O) groups is 1. The first-order chi connectivity index (χ1) is 13.4. The molecule has 0 bridgehead atoms. The third kappa shape index (κ3) is 5.20. The highest BCUT2D eigenvalue weighted by molar-refractivity contribution is 9.10. The smallest absolute Gasteiger partial charge is 0.243 e. The van der Waals surface area contributed by atoms with E-state index in [9.17, 15) is 13.2 Å². The van der Waals surface area contributed by atoms with Crippen LogP contribution in [0.1, 0.15) is 5.56 Å². The highest BCUT2D eigenvalue weighted by Crippen LogP contribution is 2.21. The molecule has 1 aliphatic rings. The third-order valence-corrected chi connectivity index (χ3v) is 7.16. The summed E-state index contributed by atoms with van der Waals surface area (Å²) in [6.07, 6.45) is 0. The molecule has 2 aromatic carbocycles. The van der Waals surface area contributed by atoms with Crippen molar-refractivity contribution in [1.82, 2.24) is 14.1 Å². The second-order valence-corrected chi connectivity index (χ2v) is 9.75. The monoisotopic (exact) mass is 465 g/mol. The summed E-state index contributed by atoms with van der Waals surface area (Å²) in [4.78, 5) is 16.9. The van der Waals surface area contributed by atoms with E-state index in [4.69, 9.17) is 0 Å². The highest BCUT2D eigenvalue weighted by Gasteiger charge is 2.29. The molecule has 150 valence electrons. The van der Waals surface area contributed by atoms with Gasteiger partial charge in [0.1, 0.15) is 0 Å². The van der Waals surface area contributed by atoms with Crippen molar-refractivity contribution in [2.45, 2.75) is 11.4 Å². The maximum atomic E-state index is 13.2. The molecule has 0 atom stereocenters. The zero-order valence-electron chi connectivity index (χ0n) is 15.8. The molecule has 6 nitrogen and oxygen atoms in total. The molecule has 1 aliphatic heterocycles. The summed E-state index contributed by atoms with van der Waals surface area (Å²) < 4.78 is 28.6. The van der Waals surface area contributed by atoms with Crippen LogP contribution in [-0.4, -0.2) is 68.2 Å². The summed E-state index contributed by atoms with van der Waals surface area (Å²) in [6.45, 7) is 2.81. The lowest BCUT2D eigenvalue weighted by molar-refractivity contribution is -0.133. The average Bonchev–Trinajstić information content (AvgIpc) is 2.69. The Balaban J connectivity index is 1.84. The van der Waals surface area contributed by atoms with Gasteiger partial charge in [0.2, 0.25) is 15.9 Å². The number of hydrogen-bond acceptors (Lipinski definition) is 4. The van der Waals surface area contributed by atoms with Gasteiger partial charge >= 0.3 is 0 Å². The first-order valence-electron chi connectivity index (χ1n) is 9.12. The number of carbonyl (C=O) groups excluding carboxylic acids is 1. The fourth-order valence-corrected chi connectivity index (χ4v) is 4.72. The number of halogens is 1. The fraction of sp³-hybridized carbons (Fsp3) is 0.350. The summed E-state index contributed by atoms with van der Waals surface area (Å²) in [5.41, 5.74) is 0.842. The van der Waals surface area contributed by atoms with Crippen LogP contribution in [0, 0.1) is 0 Å². The van der Waals surface area contributed by atoms with Crippen LogP contribution in [0.15, 0.2) is 64.0 Å². The second-order valence-electron chi connectivity index (χ2n) is 6.90. The van der Waals surface area contributed by atoms with Crippen LogP contribution < -0.4 is 0 Å². The Morgan fingerprint density at radius 3 is 2.21 bits per heavy atom. The molecule has 1 fully saturated rings. The lowest BCUT2D eigenvalue weighted by Gasteiger charge is -2.33. The van der Waals surface area contributed by atoms with Crippen molar-refractivity contribution in [3.63, 3.8) is 0 Å². The van der Waals surface area contributed by atoms with Crippen molar-refractivity contribution in [2.24, 2.45) is 0 Å². The van der Waals surface area contributed by atoms with Gasteiger partial charge in [0, 0.05) is 37.2 Å². The molecule has 0 aromatic heterocycles. The van der Waals surface area contributed by atoms with E-state index in [-0.39, 0.29) is 23.9 Å². The molecule has 2 aromatic rings. The lowest BCUT2D eigenvalue weighted by Crippen LogP contribution is -2.50. The van der Waals surface area contributed by atoms with Crippen molar-refractivity contribution in [3.05, 3.63) is 64.6 Å². The van der Waals surface area contributed by atoms with E-state index in [1.54, 1.807) is 29.2 Å². The minimum absolute atomic E-state index is 0.152. The number of likely N-dealkylation sites (N-methyl/N-ethyl adjacent to an activating group) is 1. The number of rotatable bonds is 6. The van der Waals surface area contributed by atoms with Gasteiger partial charge in [-0.15, -0.1) is 0 Å². The Hall–Kier alpha value is -1.74. The molecule has 8 heteroatoms. The van der Waals surface area contributed by atoms with Crippen LogP contribution in [-0.2, 0) is 21.4 Å². The Morgan fingerprint density at radius 2 is 1.61 bits per heavy atom. The van der Waals surface area contributed by atoms with Crippen LogP contribution in [0.4, 0.5) is 0 Å². The predicted octanol–water partition coefficient (Wildman–Crippen LogP) is 2.41. The number of sulfonamides is 1. The molecule has 0 spiro atoms. The lowest BCUT2D eigenvalue weighted by atomic mass is 10.2. The van der Waals surface area contributed by atoms with Gasteiger partial charge in [0.25, 0.3) is 0 Å². The summed E-state index contributed by atoms with van der Waals surface area (Å²) in [7, 11) is -1.79. The van der Waals surface area contributed by atoms with Crippen LogP contribution in [0.2, 0.25) is 0 Å². The minimum atomic E-state index is -3.81. The molecule has 0 saturated carbocycles. The number of piperazine rings is 1. The van der Waals surface area contributed by atoms with E-state index >= 15 is 0 Å². The van der Waals surface area contributed by atoms with E-state index in [1.165, 1.54) is 4.31 Å². The summed E-state index contributed by atoms with van der Waals surface area (Å²) in [5.74, 6) is -0.162. The molecular weight excluding hydrogens is 442 g/mol. The van der Waals surface area contributed by atoms with E-state index in [0.29, 0.717) is 13.1 Å². The molecule has 1 amide bonds. The van der Waals surface area contributed by atoms with Crippen LogP contribution in [0.3, 0.4) is 0 Å². The molecule has 3 rings (SSSR count). The number of benzene rings is 2. The summed E-state index contributed by atoms with van der Waals surface area (Å²) >= 11 is 3.33. The molecule has 1 heterocycles. The Kier molecular flexibility index (Phi) is 6.87. The van der Waals surface area contributed by atoms with Gasteiger partial charge in [-0.05, 0) is 36.9 Å². The molecule has 0 aliphatic carbocycles. The van der Waals surface area contributed by atoms with Gasteiger partial charge in [0.05, 0.1) is 11.4 Å². The van der Waals surface area contributed by atoms with Gasteiger partial charge in [0.15, 0.2) is 0 Å². The molecule has 0 N–H and O–H groups in total. The van der Waals surface area contributed by atoms with E-state index < -0.39 is 10.0 Å². The van der Waals surface area contributed by atoms with Crippen molar-refractivity contribution < 1.29 is 13.2 Å². The quantitative estimate of drug-likeness (QED) is 0.656. The maximum absolute atomic E-state index is 13.2. The first kappa shape index (κ1) is 21.0. The number of hydrogen-bond donors (Lipinski definition) is 0. The molecule has 28 heavy (non-hydrogen) atoms. The predicted molar refractivity (Wildman–Crippen MR) is 112 cm³/mol. The van der Waals surface area contributed by atoms with Crippen LogP contribution >= 0.6 is 15.9 Å². The largest absolute Gasteiger partial charge is 0.339 e. The van der Waals surface area contributed by atoms with E-state index in [1.807, 2.05) is 37.4 Å². The molecule has 1 saturated heterocycles. The van der Waals surface area contributed by atoms with Gasteiger partial charge in [-0.3, -0.25) is 4.79 Å². The Labute approximate surface area is 174 Å². The Morgan fingerprint density at radius 1 is 1.00 bits per heavy atom. The second kappa shape index (κ2) is 9.17. The average molecular weight is 466 g/mol. The highest BCUT2D eigenvalue weighted by atomic mass is 79.9. The van der Waals surface area contributed by atoms with Gasteiger partial charge in [-0.2, -0.15) is 4.31 Å². The van der Waals surface area contributed by atoms with E-state index in [0.717, 1.165) is 23.1 Å². The maximum Gasteiger partial charge on any atom is 0.243 e. The molecule has 0 unspecified atom stereocenters. The topological polar surface area (TPSA) is 60.9 Å². The van der Waals surface area contributed by atoms with Crippen molar-refractivity contribution >= 4 is 31.9 Å². The zero-order valence-corrected chi connectivity index (χ0v) is 18.2. The summed E-state index contributed by atoms with van der Waals surface area (Å²) in [5, 5.41) is 0. The standard InChI is InChI=1S/C20H24BrN3O3S/c1-22-11-13-23(14-12-22)20(25)16-24(15-17-5-3-2-4-6-17)28(26,27)19-9-7-18(21)8-10-19/h2-10H,11-16H2,1H3. The Bertz CT molecular complexity index is 896. The van der Waals surface area contributed by atoms with Gasteiger partial charge in [-0.1, -0.05) is 46.3 Å². The SMILES string of the molecule is CN1CCN(C(=O)CN(Cc2ccccc2)S(=O)(=O)c2ccc(Br)cc2)CC1. The van der Waals surface area contributed by atoms with Gasteiger partial charge in [-0.25, -0.2) is 8.42 Å². The van der Waals surface area contributed by atoms with Crippen molar-refractivity contribution in [2.75, 3.05) is 39.8 Å². The third-order valence-electron chi connectivity index (χ3n) is 4.82. The molecular formula is C20H24BrN3O3S.